The normalized spacial score (nSPS) is 14.6. The second kappa shape index (κ2) is 9.01. The first-order valence-corrected chi connectivity index (χ1v) is 10.2. The van der Waals surface area contributed by atoms with Crippen LogP contribution in [0.5, 0.6) is 17.2 Å². The highest BCUT2D eigenvalue weighted by atomic mass is 16.5. The highest BCUT2D eigenvalue weighted by molar-refractivity contribution is 6.03. The molecule has 2 N–H and O–H groups in total. The van der Waals surface area contributed by atoms with E-state index in [9.17, 15) is 4.79 Å². The number of anilines is 2. The third-order valence-electron chi connectivity index (χ3n) is 4.95. The molecule has 0 aliphatic carbocycles. The molecule has 9 heteroatoms. The SMILES string of the molecule is CCOc1ccc(NC2=N[C@@H](c3ccc(OC)cc3OC)n3c(nc(C)cc3=O)N2)cc1. The van der Waals surface area contributed by atoms with Crippen molar-refractivity contribution in [2.24, 2.45) is 4.99 Å². The maximum Gasteiger partial charge on any atom is 0.257 e. The maximum absolute atomic E-state index is 12.9. The molecule has 2 heterocycles. The van der Waals surface area contributed by atoms with Crippen molar-refractivity contribution in [1.29, 1.82) is 0 Å². The second-order valence-corrected chi connectivity index (χ2v) is 7.10. The minimum atomic E-state index is -0.682. The number of hydrogen-bond donors (Lipinski definition) is 2. The predicted octanol–water partition coefficient (Wildman–Crippen LogP) is 3.41. The first-order valence-electron chi connectivity index (χ1n) is 10.2. The zero-order chi connectivity index (χ0) is 22.7. The van der Waals surface area contributed by atoms with Crippen LogP contribution in [0.4, 0.5) is 11.6 Å². The van der Waals surface area contributed by atoms with Crippen LogP contribution in [0.15, 0.2) is 58.3 Å². The summed E-state index contributed by atoms with van der Waals surface area (Å²) in [5.74, 6) is 2.83. The largest absolute Gasteiger partial charge is 0.497 e. The molecule has 0 amide bonds. The molecule has 1 aromatic heterocycles. The molecule has 1 aliphatic heterocycles. The number of aliphatic imine (C=N–C) groups is 1. The number of fused-ring (bicyclic) bond motifs is 1. The van der Waals surface area contributed by atoms with Crippen LogP contribution in [0.1, 0.15) is 24.3 Å². The molecule has 3 aromatic rings. The minimum absolute atomic E-state index is 0.216. The molecule has 0 saturated heterocycles. The molecule has 0 radical (unpaired) electrons. The van der Waals surface area contributed by atoms with Gasteiger partial charge in [-0.3, -0.25) is 14.7 Å². The second-order valence-electron chi connectivity index (χ2n) is 7.10. The predicted molar refractivity (Wildman–Crippen MR) is 123 cm³/mol. The lowest BCUT2D eigenvalue weighted by Crippen LogP contribution is -2.37. The maximum atomic E-state index is 12.9. The molecule has 1 atom stereocenters. The molecule has 4 rings (SSSR count). The van der Waals surface area contributed by atoms with E-state index in [4.69, 9.17) is 19.2 Å². The van der Waals surface area contributed by atoms with Crippen LogP contribution >= 0.6 is 0 Å². The summed E-state index contributed by atoms with van der Waals surface area (Å²) in [6.07, 6.45) is -0.682. The lowest BCUT2D eigenvalue weighted by molar-refractivity contribution is 0.340. The number of guanidine groups is 1. The van der Waals surface area contributed by atoms with Gasteiger partial charge in [0.15, 0.2) is 6.17 Å². The Morgan fingerprint density at radius 1 is 1.06 bits per heavy atom. The number of nitrogens with one attached hydrogen (secondary N) is 2. The first-order chi connectivity index (χ1) is 15.5. The lowest BCUT2D eigenvalue weighted by atomic mass is 10.1. The summed E-state index contributed by atoms with van der Waals surface area (Å²) in [5, 5.41) is 6.37. The fourth-order valence-electron chi connectivity index (χ4n) is 3.49. The van der Waals surface area contributed by atoms with Gasteiger partial charge in [0, 0.05) is 29.1 Å². The zero-order valence-electron chi connectivity index (χ0n) is 18.4. The van der Waals surface area contributed by atoms with Gasteiger partial charge in [0.25, 0.3) is 5.56 Å². The van der Waals surface area contributed by atoms with Crippen molar-refractivity contribution in [3.05, 3.63) is 70.1 Å². The lowest BCUT2D eigenvalue weighted by Gasteiger charge is -2.28. The van der Waals surface area contributed by atoms with Crippen LogP contribution < -0.4 is 30.4 Å². The van der Waals surface area contributed by atoms with Gasteiger partial charge >= 0.3 is 0 Å². The number of rotatable bonds is 6. The Hall–Kier alpha value is -4.01. The average molecular weight is 435 g/mol. The Labute approximate surface area is 185 Å². The minimum Gasteiger partial charge on any atom is -0.497 e. The van der Waals surface area contributed by atoms with Crippen LogP contribution in [0, 0.1) is 6.92 Å². The van der Waals surface area contributed by atoms with Gasteiger partial charge in [0.05, 0.1) is 20.8 Å². The highest BCUT2D eigenvalue weighted by Crippen LogP contribution is 2.34. The molecule has 0 fully saturated rings. The highest BCUT2D eigenvalue weighted by Gasteiger charge is 2.27. The number of methoxy groups -OCH3 is 2. The summed E-state index contributed by atoms with van der Waals surface area (Å²) in [5.41, 5.74) is 1.90. The first kappa shape index (κ1) is 21.2. The van der Waals surface area contributed by atoms with E-state index >= 15 is 0 Å². The van der Waals surface area contributed by atoms with Crippen LogP contribution in [0.25, 0.3) is 0 Å². The molecule has 0 unspecified atom stereocenters. The molecule has 1 aliphatic rings. The molecule has 166 valence electrons. The average Bonchev–Trinajstić information content (AvgIpc) is 2.79. The molecule has 0 bridgehead atoms. The molecule has 2 aromatic carbocycles. The summed E-state index contributed by atoms with van der Waals surface area (Å²) < 4.78 is 17.9. The Morgan fingerprint density at radius 2 is 1.81 bits per heavy atom. The van der Waals surface area contributed by atoms with Gasteiger partial charge in [-0.1, -0.05) is 0 Å². The van der Waals surface area contributed by atoms with E-state index in [0.717, 1.165) is 11.4 Å². The third kappa shape index (κ3) is 4.22. The van der Waals surface area contributed by atoms with Crippen molar-refractivity contribution in [2.45, 2.75) is 20.0 Å². The van der Waals surface area contributed by atoms with E-state index in [0.29, 0.717) is 41.3 Å². The van der Waals surface area contributed by atoms with Crippen LogP contribution in [-0.2, 0) is 0 Å². The summed E-state index contributed by atoms with van der Waals surface area (Å²) in [6.45, 7) is 4.32. The Morgan fingerprint density at radius 3 is 2.50 bits per heavy atom. The number of ether oxygens (including phenoxy) is 3. The van der Waals surface area contributed by atoms with Crippen LogP contribution in [-0.4, -0.2) is 36.3 Å². The number of nitrogens with zero attached hydrogens (tertiary/aromatic N) is 3. The van der Waals surface area contributed by atoms with Crippen LogP contribution in [0.3, 0.4) is 0 Å². The molecule has 9 nitrogen and oxygen atoms in total. The van der Waals surface area contributed by atoms with E-state index in [-0.39, 0.29) is 5.56 Å². The summed E-state index contributed by atoms with van der Waals surface area (Å²) >= 11 is 0. The fraction of sp³-hybridized carbons (Fsp3) is 0.261. The molecule has 0 saturated carbocycles. The summed E-state index contributed by atoms with van der Waals surface area (Å²) in [4.78, 5) is 22.2. The standard InChI is InChI=1S/C23H25N5O4/c1-5-32-16-8-6-15(7-9-16)25-22-26-21(18-11-10-17(30-3)13-19(18)31-4)28-20(29)12-14(2)24-23(28)27-22/h6-13,21H,5H2,1-4H3,(H2,24,25,26,27)/t21-/m1/s1. The van der Waals surface area contributed by atoms with Gasteiger partial charge in [0.2, 0.25) is 11.9 Å². The molecule has 0 spiro atoms. The number of aromatic nitrogens is 2. The van der Waals surface area contributed by atoms with Crippen molar-refractivity contribution >= 4 is 17.6 Å². The van der Waals surface area contributed by atoms with E-state index in [1.54, 1.807) is 33.3 Å². The zero-order valence-corrected chi connectivity index (χ0v) is 18.4. The summed E-state index contributed by atoms with van der Waals surface area (Å²) in [6, 6.07) is 14.4. The van der Waals surface area contributed by atoms with Gasteiger partial charge in [-0.15, -0.1) is 0 Å². The van der Waals surface area contributed by atoms with Gasteiger partial charge < -0.3 is 19.5 Å². The van der Waals surface area contributed by atoms with Gasteiger partial charge in [-0.2, -0.15) is 0 Å². The number of benzene rings is 2. The van der Waals surface area contributed by atoms with Crippen LogP contribution in [0.2, 0.25) is 0 Å². The van der Waals surface area contributed by atoms with E-state index in [2.05, 4.69) is 15.6 Å². The van der Waals surface area contributed by atoms with Crippen molar-refractivity contribution in [1.82, 2.24) is 9.55 Å². The quantitative estimate of drug-likeness (QED) is 0.612. The van der Waals surface area contributed by atoms with E-state index in [1.807, 2.05) is 37.3 Å². The van der Waals surface area contributed by atoms with Crippen molar-refractivity contribution in [3.8, 4) is 17.2 Å². The molecule has 32 heavy (non-hydrogen) atoms. The van der Waals surface area contributed by atoms with E-state index in [1.165, 1.54) is 10.6 Å². The Balaban J connectivity index is 1.76. The van der Waals surface area contributed by atoms with Crippen molar-refractivity contribution < 1.29 is 14.2 Å². The third-order valence-corrected chi connectivity index (χ3v) is 4.95. The topological polar surface area (TPSA) is 99.0 Å². The van der Waals surface area contributed by atoms with E-state index < -0.39 is 6.17 Å². The monoisotopic (exact) mass is 435 g/mol. The fourth-order valence-corrected chi connectivity index (χ4v) is 3.49. The Bertz CT molecular complexity index is 1200. The van der Waals surface area contributed by atoms with Crippen molar-refractivity contribution in [2.75, 3.05) is 31.5 Å². The van der Waals surface area contributed by atoms with Gasteiger partial charge in [0.1, 0.15) is 17.2 Å². The van der Waals surface area contributed by atoms with Gasteiger partial charge in [-0.05, 0) is 50.2 Å². The molecular weight excluding hydrogens is 410 g/mol. The molecular formula is C23H25N5O4. The number of hydrogen-bond acceptors (Lipinski definition) is 8. The summed E-state index contributed by atoms with van der Waals surface area (Å²) in [7, 11) is 3.15. The Kier molecular flexibility index (Phi) is 5.98. The van der Waals surface area contributed by atoms with Crippen molar-refractivity contribution in [3.63, 3.8) is 0 Å². The number of aryl methyl sites for hydroxylation is 1. The van der Waals surface area contributed by atoms with Gasteiger partial charge in [-0.25, -0.2) is 9.98 Å². The smallest absolute Gasteiger partial charge is 0.257 e.